The van der Waals surface area contributed by atoms with Gasteiger partial charge in [0.1, 0.15) is 0 Å². The van der Waals surface area contributed by atoms with E-state index in [1.165, 1.54) is 0 Å². The number of halogens is 4. The molecule has 2 rings (SSSR count). The first-order valence-electron chi connectivity index (χ1n) is 6.00. The highest BCUT2D eigenvalue weighted by Gasteiger charge is 2.48. The van der Waals surface area contributed by atoms with Crippen LogP contribution in [-0.2, 0) is 11.9 Å². The molecule has 0 saturated heterocycles. The molecular weight excluding hydrogens is 293 g/mol. The molecule has 0 fully saturated rings. The third kappa shape index (κ3) is 3.06. The summed E-state index contributed by atoms with van der Waals surface area (Å²) in [6.07, 6.45) is 0.763. The average molecular weight is 310 g/mol. The Kier molecular flexibility index (Phi) is 4.91. The van der Waals surface area contributed by atoms with E-state index in [-0.39, 0.29) is 18.3 Å². The van der Waals surface area contributed by atoms with Crippen molar-refractivity contribution in [2.75, 3.05) is 0 Å². The SMILES string of the molecule is CCc1ccc2cc(C(C)C)[s+](C(F)(F)F)c2c1.Cl. The van der Waals surface area contributed by atoms with Crippen LogP contribution in [0.3, 0.4) is 0 Å². The van der Waals surface area contributed by atoms with Crippen LogP contribution in [0.15, 0.2) is 24.3 Å². The van der Waals surface area contributed by atoms with Crippen LogP contribution in [0.25, 0.3) is 10.1 Å². The number of aryl methyl sites for hydroxylation is 1. The monoisotopic (exact) mass is 309 g/mol. The van der Waals surface area contributed by atoms with Gasteiger partial charge in [0, 0.05) is 23.4 Å². The van der Waals surface area contributed by atoms with Crippen molar-refractivity contribution < 1.29 is 13.2 Å². The van der Waals surface area contributed by atoms with Crippen LogP contribution < -0.4 is 0 Å². The maximum absolute atomic E-state index is 13.3. The molecule has 0 aliphatic heterocycles. The quantitative estimate of drug-likeness (QED) is 0.582. The summed E-state index contributed by atoms with van der Waals surface area (Å²) >= 11 is 0. The largest absolute Gasteiger partial charge is 0.600 e. The number of hydrogen-bond donors (Lipinski definition) is 0. The molecule has 1 aromatic carbocycles. The van der Waals surface area contributed by atoms with Gasteiger partial charge < -0.3 is 0 Å². The summed E-state index contributed by atoms with van der Waals surface area (Å²) in [7, 11) is -1.74. The molecule has 2 aromatic rings. The van der Waals surface area contributed by atoms with Crippen LogP contribution in [-0.4, -0.2) is 0 Å². The number of hydrogen-bond acceptors (Lipinski definition) is 0. The van der Waals surface area contributed by atoms with Gasteiger partial charge in [-0.25, -0.2) is 0 Å². The van der Waals surface area contributed by atoms with E-state index in [1.807, 2.05) is 32.9 Å². The Hall–Kier alpha value is -0.740. The summed E-state index contributed by atoms with van der Waals surface area (Å²) in [5, 5.41) is 0.733. The van der Waals surface area contributed by atoms with Crippen molar-refractivity contribution in [3.8, 4) is 0 Å². The van der Waals surface area contributed by atoms with Crippen LogP contribution in [0.1, 0.15) is 37.1 Å². The Morgan fingerprint density at radius 3 is 2.26 bits per heavy atom. The highest BCUT2D eigenvalue weighted by atomic mass is 35.5. The second-order valence-corrected chi connectivity index (χ2v) is 6.67. The van der Waals surface area contributed by atoms with Gasteiger partial charge in [-0.05, 0) is 18.1 Å². The molecule has 0 saturated carbocycles. The van der Waals surface area contributed by atoms with E-state index >= 15 is 0 Å². The molecule has 0 N–H and O–H groups in total. The highest BCUT2D eigenvalue weighted by molar-refractivity contribution is 7.38. The van der Waals surface area contributed by atoms with E-state index < -0.39 is 16.0 Å². The van der Waals surface area contributed by atoms with Crippen molar-refractivity contribution in [3.63, 3.8) is 0 Å². The molecule has 19 heavy (non-hydrogen) atoms. The molecule has 0 bridgehead atoms. The van der Waals surface area contributed by atoms with E-state index in [0.29, 0.717) is 9.58 Å². The Bertz CT molecular complexity index is 570. The van der Waals surface area contributed by atoms with Crippen LogP contribution in [0.2, 0.25) is 0 Å². The second kappa shape index (κ2) is 5.71. The van der Waals surface area contributed by atoms with Crippen molar-refractivity contribution in [2.24, 2.45) is 0 Å². The summed E-state index contributed by atoms with van der Waals surface area (Å²) in [5.41, 5.74) is -3.21. The minimum absolute atomic E-state index is 0. The van der Waals surface area contributed by atoms with E-state index in [0.717, 1.165) is 17.4 Å². The summed E-state index contributed by atoms with van der Waals surface area (Å²) in [4.78, 5) is 0.505. The predicted octanol–water partition coefficient (Wildman–Crippen LogP) is 6.17. The van der Waals surface area contributed by atoms with Gasteiger partial charge >= 0.3 is 5.51 Å². The predicted molar refractivity (Wildman–Crippen MR) is 78.4 cm³/mol. The van der Waals surface area contributed by atoms with Crippen molar-refractivity contribution in [3.05, 3.63) is 34.7 Å². The standard InChI is InChI=1S/C14H16F3S.ClH/c1-4-10-5-6-11-8-12(9(2)3)18(13(11)7-10)14(15,16)17;/h5-9H,4H2,1-3H3;1H/q+1;. The fourth-order valence-electron chi connectivity index (χ4n) is 2.09. The molecule has 0 amide bonds. The maximum atomic E-state index is 13.3. The van der Waals surface area contributed by atoms with Crippen molar-refractivity contribution >= 4 is 33.0 Å². The lowest BCUT2D eigenvalue weighted by atomic mass is 10.1. The molecule has 5 heteroatoms. The van der Waals surface area contributed by atoms with Gasteiger partial charge in [-0.1, -0.05) is 26.8 Å². The van der Waals surface area contributed by atoms with Crippen molar-refractivity contribution in [2.45, 2.75) is 38.6 Å². The first-order chi connectivity index (χ1) is 8.34. The van der Waals surface area contributed by atoms with Gasteiger partial charge in [0.15, 0.2) is 9.58 Å². The van der Waals surface area contributed by atoms with Gasteiger partial charge in [0.25, 0.3) is 0 Å². The third-order valence-electron chi connectivity index (χ3n) is 3.04. The first kappa shape index (κ1) is 16.3. The Balaban J connectivity index is 0.00000180. The summed E-state index contributed by atoms with van der Waals surface area (Å²) < 4.78 is 40.2. The van der Waals surface area contributed by atoms with Crippen molar-refractivity contribution in [1.82, 2.24) is 0 Å². The van der Waals surface area contributed by atoms with Gasteiger partial charge in [-0.2, -0.15) is 0 Å². The molecule has 1 heterocycles. The van der Waals surface area contributed by atoms with Gasteiger partial charge in [-0.15, -0.1) is 25.6 Å². The first-order valence-corrected chi connectivity index (χ1v) is 7.22. The number of thiophene rings is 1. The normalized spacial score (nSPS) is 12.9. The molecule has 1 aromatic heterocycles. The second-order valence-electron chi connectivity index (χ2n) is 4.68. The van der Waals surface area contributed by atoms with Crippen LogP contribution in [0.4, 0.5) is 13.2 Å². The van der Waals surface area contributed by atoms with Gasteiger partial charge in [0.05, 0.1) is 10.5 Å². The Morgan fingerprint density at radius 2 is 1.79 bits per heavy atom. The number of benzene rings is 1. The molecular formula is C14H17ClF3S+. The minimum atomic E-state index is -4.17. The highest BCUT2D eigenvalue weighted by Crippen LogP contribution is 2.53. The third-order valence-corrected chi connectivity index (χ3v) is 5.36. The lowest BCUT2D eigenvalue weighted by molar-refractivity contribution is -0.0868. The van der Waals surface area contributed by atoms with Crippen LogP contribution in [0.5, 0.6) is 0 Å². The van der Waals surface area contributed by atoms with Crippen LogP contribution in [0, 0.1) is 0 Å². The lowest BCUT2D eigenvalue weighted by Gasteiger charge is -2.02. The molecule has 1 atom stereocenters. The summed E-state index contributed by atoms with van der Waals surface area (Å²) in [6, 6.07) is 7.17. The van der Waals surface area contributed by atoms with Crippen LogP contribution >= 0.6 is 22.9 Å². The smallest absolute Gasteiger partial charge is 0.147 e. The zero-order chi connectivity index (χ0) is 13.5. The number of fused-ring (bicyclic) bond motifs is 1. The molecule has 0 aliphatic carbocycles. The number of alkyl halides is 3. The summed E-state index contributed by atoms with van der Waals surface area (Å²) in [5.74, 6) is -0.0764. The molecule has 0 aliphatic rings. The fraction of sp³-hybridized carbons (Fsp3) is 0.429. The fourth-order valence-corrected chi connectivity index (χ4v) is 4.21. The van der Waals surface area contributed by atoms with E-state index in [4.69, 9.17) is 0 Å². The molecule has 0 nitrogen and oxygen atoms in total. The summed E-state index contributed by atoms with van der Waals surface area (Å²) in [6.45, 7) is 5.60. The minimum Gasteiger partial charge on any atom is -0.147 e. The lowest BCUT2D eigenvalue weighted by Crippen LogP contribution is -1.99. The maximum Gasteiger partial charge on any atom is 0.600 e. The zero-order valence-electron chi connectivity index (χ0n) is 11.0. The molecule has 106 valence electrons. The molecule has 1 unspecified atom stereocenters. The van der Waals surface area contributed by atoms with E-state index in [1.54, 1.807) is 12.1 Å². The van der Waals surface area contributed by atoms with Gasteiger partial charge in [-0.3, -0.25) is 0 Å². The Morgan fingerprint density at radius 1 is 1.16 bits per heavy atom. The Labute approximate surface area is 120 Å². The number of rotatable bonds is 2. The average Bonchev–Trinajstić information content (AvgIpc) is 2.66. The van der Waals surface area contributed by atoms with Gasteiger partial charge in [0.2, 0.25) is 0 Å². The van der Waals surface area contributed by atoms with E-state index in [9.17, 15) is 13.2 Å². The van der Waals surface area contributed by atoms with E-state index in [2.05, 4.69) is 0 Å². The topological polar surface area (TPSA) is 0 Å². The molecule has 0 spiro atoms. The van der Waals surface area contributed by atoms with Crippen molar-refractivity contribution in [1.29, 1.82) is 0 Å². The zero-order valence-corrected chi connectivity index (χ0v) is 12.7. The molecule has 0 radical (unpaired) electrons.